The van der Waals surface area contributed by atoms with E-state index in [0.717, 1.165) is 22.6 Å². The summed E-state index contributed by atoms with van der Waals surface area (Å²) in [5, 5.41) is 0. The summed E-state index contributed by atoms with van der Waals surface area (Å²) < 4.78 is 44.7. The van der Waals surface area contributed by atoms with Gasteiger partial charge in [0.15, 0.2) is 11.5 Å². The third-order valence-corrected chi connectivity index (χ3v) is 5.19. The van der Waals surface area contributed by atoms with E-state index < -0.39 is 6.10 Å². The van der Waals surface area contributed by atoms with Crippen molar-refractivity contribution in [1.82, 2.24) is 4.90 Å². The largest absolute Gasteiger partial charge is 0.486 e. The van der Waals surface area contributed by atoms with Crippen LogP contribution < -0.4 is 9.47 Å². The highest BCUT2D eigenvalue weighted by Gasteiger charge is 2.22. The van der Waals surface area contributed by atoms with Gasteiger partial charge >= 0.3 is 0 Å². The lowest BCUT2D eigenvalue weighted by Gasteiger charge is -2.30. The molecule has 3 aromatic carbocycles. The summed E-state index contributed by atoms with van der Waals surface area (Å²) in [6.45, 7) is 2.30. The molecule has 4 rings (SSSR count). The maximum absolute atomic E-state index is 13.4. The Hall–Kier alpha value is -2.96. The number of benzene rings is 3. The van der Waals surface area contributed by atoms with E-state index >= 15 is 0 Å². The van der Waals surface area contributed by atoms with Crippen LogP contribution in [0.2, 0.25) is 0 Å². The van der Waals surface area contributed by atoms with E-state index in [4.69, 9.17) is 14.2 Å². The molecule has 0 spiro atoms. The van der Waals surface area contributed by atoms with Crippen molar-refractivity contribution >= 4 is 0 Å². The zero-order chi connectivity index (χ0) is 21.6. The van der Waals surface area contributed by atoms with Crippen molar-refractivity contribution in [1.29, 1.82) is 0 Å². The van der Waals surface area contributed by atoms with Gasteiger partial charge in [0, 0.05) is 13.1 Å². The van der Waals surface area contributed by atoms with Gasteiger partial charge in [-0.1, -0.05) is 36.4 Å². The minimum atomic E-state index is -0.407. The first-order chi connectivity index (χ1) is 15.1. The standard InChI is InChI=1S/C25H25F2NO3/c1-28(16-22-17-30-23-4-2-3-5-24(23)31-22)14-15-29-25(18-6-10-20(26)11-7-18)19-8-12-21(27)13-9-19/h2-13,22,25H,14-17H2,1H3. The van der Waals surface area contributed by atoms with Gasteiger partial charge in [-0.3, -0.25) is 0 Å². The van der Waals surface area contributed by atoms with Crippen LogP contribution in [0.25, 0.3) is 0 Å². The fraction of sp³-hybridized carbons (Fsp3) is 0.280. The van der Waals surface area contributed by atoms with Gasteiger partial charge in [0.2, 0.25) is 0 Å². The first kappa shape index (κ1) is 21.3. The number of rotatable bonds is 8. The number of nitrogens with zero attached hydrogens (tertiary/aromatic N) is 1. The summed E-state index contributed by atoms with van der Waals surface area (Å²) in [5.74, 6) is 0.914. The second kappa shape index (κ2) is 9.90. The molecule has 6 heteroatoms. The number of likely N-dealkylation sites (N-methyl/N-ethyl adjacent to an activating group) is 1. The van der Waals surface area contributed by atoms with Gasteiger partial charge in [-0.2, -0.15) is 0 Å². The first-order valence-corrected chi connectivity index (χ1v) is 10.3. The lowest BCUT2D eigenvalue weighted by Crippen LogP contribution is -2.40. The van der Waals surface area contributed by atoms with Gasteiger partial charge in [-0.05, 0) is 54.6 Å². The maximum Gasteiger partial charge on any atom is 0.161 e. The van der Waals surface area contributed by atoms with E-state index in [2.05, 4.69) is 4.90 Å². The summed E-state index contributed by atoms with van der Waals surface area (Å²) in [4.78, 5) is 2.12. The summed E-state index contributed by atoms with van der Waals surface area (Å²) in [7, 11) is 2.00. The first-order valence-electron chi connectivity index (χ1n) is 10.3. The molecule has 0 aliphatic carbocycles. The van der Waals surface area contributed by atoms with Crippen LogP contribution in [-0.2, 0) is 4.74 Å². The molecule has 0 saturated carbocycles. The zero-order valence-electron chi connectivity index (χ0n) is 17.3. The third-order valence-electron chi connectivity index (χ3n) is 5.19. The molecule has 162 valence electrons. The summed E-state index contributed by atoms with van der Waals surface area (Å²) >= 11 is 0. The van der Waals surface area contributed by atoms with E-state index in [0.29, 0.717) is 26.3 Å². The summed E-state index contributed by atoms with van der Waals surface area (Å²) in [5.41, 5.74) is 1.63. The average molecular weight is 425 g/mol. The number of halogens is 2. The van der Waals surface area contributed by atoms with Crippen LogP contribution in [-0.4, -0.2) is 44.4 Å². The Bertz CT molecular complexity index is 933. The number of hydrogen-bond acceptors (Lipinski definition) is 4. The Morgan fingerprint density at radius 2 is 1.48 bits per heavy atom. The minimum absolute atomic E-state index is 0.0649. The Balaban J connectivity index is 1.34. The predicted octanol–water partition coefficient (Wildman–Crippen LogP) is 4.84. The van der Waals surface area contributed by atoms with Gasteiger partial charge in [0.25, 0.3) is 0 Å². The summed E-state index contributed by atoms with van der Waals surface area (Å²) in [6.07, 6.45) is -0.472. The maximum atomic E-state index is 13.4. The van der Waals surface area contributed by atoms with Crippen molar-refractivity contribution in [2.45, 2.75) is 12.2 Å². The third kappa shape index (κ3) is 5.60. The van der Waals surface area contributed by atoms with E-state index in [9.17, 15) is 8.78 Å². The summed E-state index contributed by atoms with van der Waals surface area (Å²) in [6, 6.07) is 20.0. The second-order valence-corrected chi connectivity index (χ2v) is 7.61. The molecule has 31 heavy (non-hydrogen) atoms. The predicted molar refractivity (Wildman–Crippen MR) is 114 cm³/mol. The van der Waals surface area contributed by atoms with Crippen molar-refractivity contribution in [3.63, 3.8) is 0 Å². The molecule has 1 heterocycles. The molecule has 3 aromatic rings. The molecule has 1 atom stereocenters. The van der Waals surface area contributed by atoms with Crippen molar-refractivity contribution < 1.29 is 23.0 Å². The van der Waals surface area contributed by atoms with Crippen LogP contribution in [0.3, 0.4) is 0 Å². The van der Waals surface area contributed by atoms with Crippen LogP contribution in [0.5, 0.6) is 11.5 Å². The van der Waals surface area contributed by atoms with E-state index in [-0.39, 0.29) is 17.7 Å². The van der Waals surface area contributed by atoms with Gasteiger partial charge in [0.1, 0.15) is 30.4 Å². The minimum Gasteiger partial charge on any atom is -0.486 e. The molecule has 0 aromatic heterocycles. The molecule has 4 nitrogen and oxygen atoms in total. The van der Waals surface area contributed by atoms with Crippen LogP contribution in [0.1, 0.15) is 17.2 Å². The van der Waals surface area contributed by atoms with Crippen molar-refractivity contribution in [2.24, 2.45) is 0 Å². The quantitative estimate of drug-likeness (QED) is 0.517. The Morgan fingerprint density at radius 1 is 0.903 bits per heavy atom. The van der Waals surface area contributed by atoms with Gasteiger partial charge in [0.05, 0.1) is 6.61 Å². The van der Waals surface area contributed by atoms with Crippen molar-refractivity contribution in [2.75, 3.05) is 33.4 Å². The molecule has 1 aliphatic heterocycles. The molecule has 0 fully saturated rings. The number of ether oxygens (including phenoxy) is 3. The molecule has 1 aliphatic rings. The SMILES string of the molecule is CN(CCOC(c1ccc(F)cc1)c1ccc(F)cc1)CC1COc2ccccc2O1. The molecular weight excluding hydrogens is 400 g/mol. The number of para-hydroxylation sites is 2. The lowest BCUT2D eigenvalue weighted by atomic mass is 10.0. The number of hydrogen-bond donors (Lipinski definition) is 0. The van der Waals surface area contributed by atoms with E-state index in [1.165, 1.54) is 24.3 Å². The molecule has 0 saturated heterocycles. The van der Waals surface area contributed by atoms with Crippen molar-refractivity contribution in [3.8, 4) is 11.5 Å². The van der Waals surface area contributed by atoms with Gasteiger partial charge in [-0.25, -0.2) is 8.78 Å². The van der Waals surface area contributed by atoms with Gasteiger partial charge in [-0.15, -0.1) is 0 Å². The fourth-order valence-corrected chi connectivity index (χ4v) is 3.58. The lowest BCUT2D eigenvalue weighted by molar-refractivity contribution is 0.0383. The van der Waals surface area contributed by atoms with Crippen LogP contribution in [0.15, 0.2) is 72.8 Å². The van der Waals surface area contributed by atoms with Crippen LogP contribution in [0, 0.1) is 11.6 Å². The Morgan fingerprint density at radius 3 is 2.10 bits per heavy atom. The molecule has 0 N–H and O–H groups in total. The molecular formula is C25H25F2NO3. The van der Waals surface area contributed by atoms with Crippen LogP contribution >= 0.6 is 0 Å². The van der Waals surface area contributed by atoms with Gasteiger partial charge < -0.3 is 19.1 Å². The normalized spacial score (nSPS) is 15.5. The number of fused-ring (bicyclic) bond motifs is 1. The molecule has 0 radical (unpaired) electrons. The smallest absolute Gasteiger partial charge is 0.161 e. The second-order valence-electron chi connectivity index (χ2n) is 7.61. The van der Waals surface area contributed by atoms with E-state index in [1.54, 1.807) is 24.3 Å². The fourth-order valence-electron chi connectivity index (χ4n) is 3.58. The monoisotopic (exact) mass is 425 g/mol. The average Bonchev–Trinajstić information content (AvgIpc) is 2.78. The van der Waals surface area contributed by atoms with E-state index in [1.807, 2.05) is 31.3 Å². The highest BCUT2D eigenvalue weighted by molar-refractivity contribution is 5.40. The topological polar surface area (TPSA) is 30.9 Å². The highest BCUT2D eigenvalue weighted by Crippen LogP contribution is 2.31. The zero-order valence-corrected chi connectivity index (χ0v) is 17.3. The Labute approximate surface area is 181 Å². The van der Waals surface area contributed by atoms with Crippen LogP contribution in [0.4, 0.5) is 8.78 Å². The molecule has 0 amide bonds. The Kier molecular flexibility index (Phi) is 6.79. The molecule has 1 unspecified atom stereocenters. The molecule has 0 bridgehead atoms. The van der Waals surface area contributed by atoms with Crippen molar-refractivity contribution in [3.05, 3.63) is 95.6 Å². The highest BCUT2D eigenvalue weighted by atomic mass is 19.1.